The van der Waals surface area contributed by atoms with E-state index in [9.17, 15) is 9.18 Å². The highest BCUT2D eigenvalue weighted by molar-refractivity contribution is 5.85. The van der Waals surface area contributed by atoms with Crippen molar-refractivity contribution >= 4 is 18.3 Å². The second-order valence-electron chi connectivity index (χ2n) is 6.82. The molecule has 0 aromatic heterocycles. The maximum Gasteiger partial charge on any atom is 0.226 e. The Balaban J connectivity index is 0.00000288. The van der Waals surface area contributed by atoms with E-state index in [4.69, 9.17) is 5.73 Å². The van der Waals surface area contributed by atoms with E-state index in [2.05, 4.69) is 4.90 Å². The number of hydrogen-bond acceptors (Lipinski definition) is 3. The molecule has 1 aliphatic rings. The second kappa shape index (κ2) is 9.97. The van der Waals surface area contributed by atoms with Crippen LogP contribution in [0.2, 0.25) is 0 Å². The first-order valence-corrected chi connectivity index (χ1v) is 8.39. The molecule has 1 aromatic rings. The summed E-state index contributed by atoms with van der Waals surface area (Å²) in [7, 11) is 3.97. The molecule has 136 valence electrons. The van der Waals surface area contributed by atoms with Gasteiger partial charge in [0.25, 0.3) is 0 Å². The zero-order chi connectivity index (χ0) is 16.8. The van der Waals surface area contributed by atoms with Crippen molar-refractivity contribution in [3.8, 4) is 0 Å². The molecule has 0 aliphatic heterocycles. The minimum absolute atomic E-state index is 0. The van der Waals surface area contributed by atoms with E-state index in [0.717, 1.165) is 37.8 Å². The van der Waals surface area contributed by atoms with Gasteiger partial charge < -0.3 is 15.5 Å². The van der Waals surface area contributed by atoms with Gasteiger partial charge in [-0.15, -0.1) is 12.4 Å². The van der Waals surface area contributed by atoms with Gasteiger partial charge in [0.1, 0.15) is 5.82 Å². The van der Waals surface area contributed by atoms with Crippen LogP contribution in [-0.4, -0.2) is 48.9 Å². The van der Waals surface area contributed by atoms with Gasteiger partial charge in [0.05, 0.1) is 0 Å². The van der Waals surface area contributed by atoms with Gasteiger partial charge >= 0.3 is 0 Å². The fourth-order valence-corrected chi connectivity index (χ4v) is 3.15. The van der Waals surface area contributed by atoms with E-state index in [1.807, 2.05) is 25.1 Å². The molecule has 1 aliphatic carbocycles. The van der Waals surface area contributed by atoms with E-state index in [-0.39, 0.29) is 36.1 Å². The van der Waals surface area contributed by atoms with E-state index in [0.29, 0.717) is 13.1 Å². The fraction of sp³-hybridized carbons (Fsp3) is 0.611. The van der Waals surface area contributed by atoms with Gasteiger partial charge in [-0.3, -0.25) is 4.79 Å². The first-order valence-electron chi connectivity index (χ1n) is 8.39. The average molecular weight is 358 g/mol. The summed E-state index contributed by atoms with van der Waals surface area (Å²) in [6.07, 6.45) is 3.69. The van der Waals surface area contributed by atoms with Crippen LogP contribution in [0.25, 0.3) is 0 Å². The lowest BCUT2D eigenvalue weighted by molar-refractivity contribution is -0.137. The Kier molecular flexibility index (Phi) is 8.67. The number of nitrogens with zero attached hydrogens (tertiary/aromatic N) is 2. The molecule has 1 aromatic carbocycles. The maximum atomic E-state index is 13.4. The zero-order valence-corrected chi connectivity index (χ0v) is 15.4. The van der Waals surface area contributed by atoms with Gasteiger partial charge in [-0.1, -0.05) is 18.6 Å². The quantitative estimate of drug-likeness (QED) is 0.851. The smallest absolute Gasteiger partial charge is 0.226 e. The highest BCUT2D eigenvalue weighted by Gasteiger charge is 2.29. The van der Waals surface area contributed by atoms with Crippen molar-refractivity contribution in [2.24, 2.45) is 11.7 Å². The summed E-state index contributed by atoms with van der Waals surface area (Å²) in [4.78, 5) is 16.8. The molecular weight excluding hydrogens is 329 g/mol. The molecule has 2 N–H and O–H groups in total. The lowest BCUT2D eigenvalue weighted by Crippen LogP contribution is -2.42. The van der Waals surface area contributed by atoms with Crippen molar-refractivity contribution in [2.45, 2.75) is 38.3 Å². The SMILES string of the molecule is CN(C)CCN(Cc1cccc(F)c1)C(=O)C1CCCC(N)C1.Cl. The van der Waals surface area contributed by atoms with Crippen molar-refractivity contribution in [1.82, 2.24) is 9.80 Å². The molecule has 0 radical (unpaired) electrons. The second-order valence-corrected chi connectivity index (χ2v) is 6.82. The Labute approximate surface area is 150 Å². The number of benzene rings is 1. The summed E-state index contributed by atoms with van der Waals surface area (Å²) in [5.74, 6) is -0.0945. The van der Waals surface area contributed by atoms with Crippen LogP contribution in [0.3, 0.4) is 0 Å². The van der Waals surface area contributed by atoms with Gasteiger partial charge in [0, 0.05) is 31.6 Å². The minimum Gasteiger partial charge on any atom is -0.337 e. The van der Waals surface area contributed by atoms with E-state index in [1.54, 1.807) is 6.07 Å². The Morgan fingerprint density at radius 1 is 1.29 bits per heavy atom. The minimum atomic E-state index is -0.262. The largest absolute Gasteiger partial charge is 0.337 e. The summed E-state index contributed by atoms with van der Waals surface area (Å²) < 4.78 is 13.4. The molecule has 6 heteroatoms. The molecule has 4 nitrogen and oxygen atoms in total. The molecule has 1 saturated carbocycles. The standard InChI is InChI=1S/C18H28FN3O.ClH/c1-21(2)9-10-22(13-14-5-3-7-16(19)11-14)18(23)15-6-4-8-17(20)12-15;/h3,5,7,11,15,17H,4,6,8-10,12-13,20H2,1-2H3;1H. The normalized spacial score (nSPS) is 20.5. The Hall–Kier alpha value is -1.17. The molecule has 0 heterocycles. The molecule has 2 rings (SSSR count). The monoisotopic (exact) mass is 357 g/mol. The third-order valence-electron chi connectivity index (χ3n) is 4.46. The van der Waals surface area contributed by atoms with Crippen LogP contribution in [0.1, 0.15) is 31.2 Å². The number of nitrogens with two attached hydrogens (primary N) is 1. The third kappa shape index (κ3) is 6.38. The van der Waals surface area contributed by atoms with E-state index in [1.165, 1.54) is 12.1 Å². The Morgan fingerprint density at radius 2 is 2.04 bits per heavy atom. The van der Waals surface area contributed by atoms with Crippen molar-refractivity contribution in [3.05, 3.63) is 35.6 Å². The Bertz CT molecular complexity index is 527. The van der Waals surface area contributed by atoms with Crippen molar-refractivity contribution < 1.29 is 9.18 Å². The molecule has 0 spiro atoms. The lowest BCUT2D eigenvalue weighted by Gasteiger charge is -2.32. The van der Waals surface area contributed by atoms with Crippen LogP contribution >= 0.6 is 12.4 Å². The predicted molar refractivity (Wildman–Crippen MR) is 97.6 cm³/mol. The van der Waals surface area contributed by atoms with Crippen molar-refractivity contribution in [2.75, 3.05) is 27.2 Å². The van der Waals surface area contributed by atoms with E-state index < -0.39 is 0 Å². The molecule has 0 bridgehead atoms. The molecule has 1 fully saturated rings. The van der Waals surface area contributed by atoms with Crippen molar-refractivity contribution in [1.29, 1.82) is 0 Å². The van der Waals surface area contributed by atoms with Gasteiger partial charge in [0.15, 0.2) is 0 Å². The van der Waals surface area contributed by atoms with Gasteiger partial charge in [-0.2, -0.15) is 0 Å². The molecule has 2 atom stereocenters. The topological polar surface area (TPSA) is 49.6 Å². The van der Waals surface area contributed by atoms with Crippen LogP contribution in [0.5, 0.6) is 0 Å². The third-order valence-corrected chi connectivity index (χ3v) is 4.46. The lowest BCUT2D eigenvalue weighted by atomic mass is 9.85. The molecule has 1 amide bonds. The highest BCUT2D eigenvalue weighted by atomic mass is 35.5. The van der Waals surface area contributed by atoms with Gasteiger partial charge in [-0.05, 0) is 51.1 Å². The molecular formula is C18H29ClFN3O. The number of amides is 1. The molecule has 24 heavy (non-hydrogen) atoms. The maximum absolute atomic E-state index is 13.4. The summed E-state index contributed by atoms with van der Waals surface area (Å²) in [6, 6.07) is 6.61. The van der Waals surface area contributed by atoms with Gasteiger partial charge in [0.2, 0.25) is 5.91 Å². The first kappa shape index (κ1) is 20.9. The number of halogens is 2. The molecule has 0 saturated heterocycles. The number of rotatable bonds is 6. The van der Waals surface area contributed by atoms with Gasteiger partial charge in [-0.25, -0.2) is 4.39 Å². The number of hydrogen-bond donors (Lipinski definition) is 1. The highest BCUT2D eigenvalue weighted by Crippen LogP contribution is 2.25. The van der Waals surface area contributed by atoms with E-state index >= 15 is 0 Å². The summed E-state index contributed by atoms with van der Waals surface area (Å²) in [5.41, 5.74) is 6.86. The van der Waals surface area contributed by atoms with Crippen LogP contribution in [0, 0.1) is 11.7 Å². The number of carbonyl (C=O) groups excluding carboxylic acids is 1. The summed E-state index contributed by atoms with van der Waals surface area (Å²) in [5, 5.41) is 0. The first-order chi connectivity index (χ1) is 11.0. The zero-order valence-electron chi connectivity index (χ0n) is 14.6. The average Bonchev–Trinajstić information content (AvgIpc) is 2.50. The summed E-state index contributed by atoms with van der Waals surface area (Å²) in [6.45, 7) is 1.89. The van der Waals surface area contributed by atoms with Crippen LogP contribution in [0.15, 0.2) is 24.3 Å². The predicted octanol–water partition coefficient (Wildman–Crippen LogP) is 2.66. The molecule has 2 unspecified atom stereocenters. The van der Waals surface area contributed by atoms with Crippen LogP contribution < -0.4 is 5.73 Å². The number of likely N-dealkylation sites (N-methyl/N-ethyl adjacent to an activating group) is 1. The van der Waals surface area contributed by atoms with Crippen LogP contribution in [-0.2, 0) is 11.3 Å². The van der Waals surface area contributed by atoms with Crippen LogP contribution in [0.4, 0.5) is 4.39 Å². The van der Waals surface area contributed by atoms with Crippen molar-refractivity contribution in [3.63, 3.8) is 0 Å². The number of carbonyl (C=O) groups is 1. The summed E-state index contributed by atoms with van der Waals surface area (Å²) >= 11 is 0. The fourth-order valence-electron chi connectivity index (χ4n) is 3.15. The Morgan fingerprint density at radius 3 is 2.67 bits per heavy atom.